The summed E-state index contributed by atoms with van der Waals surface area (Å²) in [5.41, 5.74) is 0.868. The number of β-amino-alcohol motifs (C(OH)–C–C–N with tert-alkyl or cyclic N) is 1. The van der Waals surface area contributed by atoms with E-state index in [9.17, 15) is 9.90 Å². The molecule has 1 aliphatic heterocycles. The van der Waals surface area contributed by atoms with Crippen LogP contribution in [0.3, 0.4) is 0 Å². The Morgan fingerprint density at radius 3 is 2.71 bits per heavy atom. The first-order valence-electron chi connectivity index (χ1n) is 9.31. The maximum Gasteiger partial charge on any atom is 0.239 e. The van der Waals surface area contributed by atoms with Crippen molar-refractivity contribution in [2.75, 3.05) is 31.6 Å². The van der Waals surface area contributed by atoms with Crippen LogP contribution in [0.25, 0.3) is 0 Å². The minimum Gasteiger partial charge on any atom is -0.491 e. The zero-order chi connectivity index (χ0) is 20.3. The van der Waals surface area contributed by atoms with E-state index < -0.39 is 5.60 Å². The second kappa shape index (κ2) is 8.51. The first kappa shape index (κ1) is 20.6. The van der Waals surface area contributed by atoms with Crippen LogP contribution in [0.2, 0.25) is 5.02 Å². The molecule has 2 N–H and O–H groups in total. The molecule has 1 unspecified atom stereocenters. The number of hydrogen-bond donors (Lipinski definition) is 2. The summed E-state index contributed by atoms with van der Waals surface area (Å²) in [7, 11) is 0. The number of aliphatic hydroxyl groups is 1. The number of carbonyl (C=O) groups excluding carboxylic acids is 1. The fraction of sp³-hybridized carbons (Fsp3) is 0.500. The van der Waals surface area contributed by atoms with Crippen molar-refractivity contribution in [1.29, 1.82) is 0 Å². The van der Waals surface area contributed by atoms with E-state index in [0.717, 1.165) is 29.1 Å². The average molecular weight is 408 g/mol. The zero-order valence-corrected chi connectivity index (χ0v) is 17.2. The number of hydrogen-bond acceptors (Lipinski definition) is 6. The molecule has 8 heteroatoms. The van der Waals surface area contributed by atoms with Crippen molar-refractivity contribution >= 4 is 23.3 Å². The van der Waals surface area contributed by atoms with E-state index in [0.29, 0.717) is 30.3 Å². The number of benzene rings is 1. The number of aromatic nitrogens is 1. The van der Waals surface area contributed by atoms with Crippen LogP contribution in [-0.4, -0.2) is 52.9 Å². The number of amides is 1. The molecule has 28 heavy (non-hydrogen) atoms. The van der Waals surface area contributed by atoms with E-state index in [1.165, 1.54) is 0 Å². The third-order valence-electron chi connectivity index (χ3n) is 4.81. The summed E-state index contributed by atoms with van der Waals surface area (Å²) in [6, 6.07) is 5.40. The normalized spacial score (nSPS) is 20.2. The van der Waals surface area contributed by atoms with E-state index in [2.05, 4.69) is 10.5 Å². The fourth-order valence-electron chi connectivity index (χ4n) is 3.48. The average Bonchev–Trinajstić information content (AvgIpc) is 3.02. The van der Waals surface area contributed by atoms with Crippen molar-refractivity contribution in [3.8, 4) is 5.75 Å². The highest BCUT2D eigenvalue weighted by Gasteiger charge is 2.35. The summed E-state index contributed by atoms with van der Waals surface area (Å²) in [6.45, 7) is 7.05. The van der Waals surface area contributed by atoms with Crippen molar-refractivity contribution in [2.24, 2.45) is 0 Å². The van der Waals surface area contributed by atoms with Crippen LogP contribution >= 0.6 is 11.6 Å². The van der Waals surface area contributed by atoms with Gasteiger partial charge in [-0.3, -0.25) is 9.69 Å². The number of likely N-dealkylation sites (tertiary alicyclic amines) is 1. The molecule has 1 saturated heterocycles. The summed E-state index contributed by atoms with van der Waals surface area (Å²) in [5.74, 6) is 1.52. The fourth-order valence-corrected chi connectivity index (χ4v) is 3.59. The standard InChI is InChI=1S/C20H26ClN3O4/c1-13-7-16(8-14(2)19(13)21)27-12-20(26)5-4-6-24(11-20)10-18(25)22-17-9-15(3)28-23-17/h7-9,26H,4-6,10-12H2,1-3H3,(H,22,23,25). The highest BCUT2D eigenvalue weighted by molar-refractivity contribution is 6.32. The lowest BCUT2D eigenvalue weighted by molar-refractivity contribution is -0.120. The summed E-state index contributed by atoms with van der Waals surface area (Å²) in [5, 5.41) is 18.1. The number of carbonyl (C=O) groups is 1. The quantitative estimate of drug-likeness (QED) is 0.765. The SMILES string of the molecule is Cc1cc(NC(=O)CN2CCCC(O)(COc3cc(C)c(Cl)c(C)c3)C2)no1. The van der Waals surface area contributed by atoms with Crippen molar-refractivity contribution in [1.82, 2.24) is 10.1 Å². The van der Waals surface area contributed by atoms with Gasteiger partial charge in [0, 0.05) is 17.6 Å². The Hall–Kier alpha value is -2.09. The van der Waals surface area contributed by atoms with Crippen LogP contribution in [0.4, 0.5) is 5.82 Å². The molecule has 1 aromatic heterocycles. The van der Waals surface area contributed by atoms with E-state index in [-0.39, 0.29) is 19.1 Å². The van der Waals surface area contributed by atoms with Gasteiger partial charge >= 0.3 is 0 Å². The van der Waals surface area contributed by atoms with Gasteiger partial charge in [-0.25, -0.2) is 0 Å². The number of aryl methyl sites for hydroxylation is 3. The van der Waals surface area contributed by atoms with Crippen LogP contribution in [0.5, 0.6) is 5.75 Å². The van der Waals surface area contributed by atoms with E-state index in [1.807, 2.05) is 30.9 Å². The Kier molecular flexibility index (Phi) is 6.27. The zero-order valence-electron chi connectivity index (χ0n) is 16.4. The second-order valence-electron chi connectivity index (χ2n) is 7.57. The van der Waals surface area contributed by atoms with Crippen molar-refractivity contribution < 1.29 is 19.2 Å². The van der Waals surface area contributed by atoms with Crippen LogP contribution < -0.4 is 10.1 Å². The molecule has 152 valence electrons. The number of halogens is 1. The Bertz CT molecular complexity index is 831. The van der Waals surface area contributed by atoms with Gasteiger partial charge in [0.15, 0.2) is 5.82 Å². The van der Waals surface area contributed by atoms with Crippen molar-refractivity contribution in [2.45, 2.75) is 39.2 Å². The summed E-state index contributed by atoms with van der Waals surface area (Å²) in [6.07, 6.45) is 1.41. The first-order chi connectivity index (χ1) is 13.2. The smallest absolute Gasteiger partial charge is 0.239 e. The van der Waals surface area contributed by atoms with Gasteiger partial charge in [-0.15, -0.1) is 0 Å². The Labute approximate surface area is 169 Å². The molecule has 1 atom stereocenters. The molecule has 0 radical (unpaired) electrons. The van der Waals surface area contributed by atoms with Gasteiger partial charge in [0.05, 0.1) is 6.54 Å². The number of nitrogens with one attached hydrogen (secondary N) is 1. The lowest BCUT2D eigenvalue weighted by Gasteiger charge is -2.38. The third kappa shape index (κ3) is 5.25. The molecular weight excluding hydrogens is 382 g/mol. The molecule has 2 heterocycles. The molecule has 1 amide bonds. The molecule has 1 aromatic carbocycles. The maximum atomic E-state index is 12.2. The largest absolute Gasteiger partial charge is 0.491 e. The van der Waals surface area contributed by atoms with Gasteiger partial charge in [-0.2, -0.15) is 0 Å². The monoisotopic (exact) mass is 407 g/mol. The maximum absolute atomic E-state index is 12.2. The van der Waals surface area contributed by atoms with Crippen LogP contribution in [-0.2, 0) is 4.79 Å². The molecule has 1 fully saturated rings. The Morgan fingerprint density at radius 1 is 1.36 bits per heavy atom. The minimum atomic E-state index is -1.01. The molecule has 2 aromatic rings. The first-order valence-corrected chi connectivity index (χ1v) is 9.69. The lowest BCUT2D eigenvalue weighted by atomic mass is 9.93. The highest BCUT2D eigenvalue weighted by atomic mass is 35.5. The molecule has 0 aliphatic carbocycles. The topological polar surface area (TPSA) is 87.8 Å². The molecular formula is C20H26ClN3O4. The second-order valence-corrected chi connectivity index (χ2v) is 7.95. The van der Waals surface area contributed by atoms with Gasteiger partial charge in [-0.05, 0) is 63.4 Å². The van der Waals surface area contributed by atoms with Crippen LogP contribution in [0.15, 0.2) is 22.7 Å². The highest BCUT2D eigenvalue weighted by Crippen LogP contribution is 2.28. The summed E-state index contributed by atoms with van der Waals surface area (Å²) < 4.78 is 10.8. The third-order valence-corrected chi connectivity index (χ3v) is 5.41. The molecule has 0 saturated carbocycles. The van der Waals surface area contributed by atoms with Crippen LogP contribution in [0, 0.1) is 20.8 Å². The van der Waals surface area contributed by atoms with E-state index in [4.69, 9.17) is 20.9 Å². The summed E-state index contributed by atoms with van der Waals surface area (Å²) >= 11 is 6.19. The predicted octanol–water partition coefficient (Wildman–Crippen LogP) is 3.10. The number of piperidine rings is 1. The Balaban J connectivity index is 1.54. The molecule has 1 aliphatic rings. The van der Waals surface area contributed by atoms with E-state index in [1.54, 1.807) is 13.0 Å². The van der Waals surface area contributed by atoms with Crippen LogP contribution in [0.1, 0.15) is 29.7 Å². The van der Waals surface area contributed by atoms with Gasteiger partial charge in [0.2, 0.25) is 5.91 Å². The number of nitrogens with zero attached hydrogens (tertiary/aromatic N) is 2. The number of rotatable bonds is 6. The molecule has 7 nitrogen and oxygen atoms in total. The predicted molar refractivity (Wildman–Crippen MR) is 107 cm³/mol. The summed E-state index contributed by atoms with van der Waals surface area (Å²) in [4.78, 5) is 14.2. The van der Waals surface area contributed by atoms with Gasteiger partial charge in [-0.1, -0.05) is 16.8 Å². The van der Waals surface area contributed by atoms with Gasteiger partial charge in [0.1, 0.15) is 23.7 Å². The number of ether oxygens (including phenoxy) is 1. The van der Waals surface area contributed by atoms with E-state index >= 15 is 0 Å². The lowest BCUT2D eigenvalue weighted by Crippen LogP contribution is -2.53. The van der Waals surface area contributed by atoms with Gasteiger partial charge < -0.3 is 19.7 Å². The minimum absolute atomic E-state index is 0.161. The van der Waals surface area contributed by atoms with Crippen molar-refractivity contribution in [3.05, 3.63) is 40.1 Å². The number of anilines is 1. The molecule has 3 rings (SSSR count). The Morgan fingerprint density at radius 2 is 2.07 bits per heavy atom. The molecule has 0 spiro atoms. The van der Waals surface area contributed by atoms with Gasteiger partial charge in [0.25, 0.3) is 0 Å². The molecule has 0 bridgehead atoms. The van der Waals surface area contributed by atoms with Crippen molar-refractivity contribution in [3.63, 3.8) is 0 Å².